The van der Waals surface area contributed by atoms with E-state index in [9.17, 15) is 9.59 Å². The zero-order chi connectivity index (χ0) is 17.0. The minimum atomic E-state index is -0.146. The van der Waals surface area contributed by atoms with Gasteiger partial charge < -0.3 is 0 Å². The van der Waals surface area contributed by atoms with Gasteiger partial charge in [-0.1, -0.05) is 60.7 Å². The third-order valence-corrected chi connectivity index (χ3v) is 5.94. The van der Waals surface area contributed by atoms with Crippen molar-refractivity contribution in [3.05, 3.63) is 77.9 Å². The summed E-state index contributed by atoms with van der Waals surface area (Å²) in [6.07, 6.45) is 5.95. The van der Waals surface area contributed by atoms with E-state index < -0.39 is 0 Å². The Kier molecular flexibility index (Phi) is 3.17. The topological polar surface area (TPSA) is 37.4 Å². The third kappa shape index (κ3) is 2.12. The van der Waals surface area contributed by atoms with Crippen molar-refractivity contribution in [2.45, 2.75) is 12.8 Å². The predicted octanol–water partition coefficient (Wildman–Crippen LogP) is 3.59. The van der Waals surface area contributed by atoms with E-state index in [1.54, 1.807) is 0 Å². The van der Waals surface area contributed by atoms with Gasteiger partial charge in [0, 0.05) is 0 Å². The second-order valence-electron chi connectivity index (χ2n) is 7.30. The molecule has 0 N–H and O–H groups in total. The molecule has 0 radical (unpaired) electrons. The van der Waals surface area contributed by atoms with Crippen LogP contribution in [0.2, 0.25) is 0 Å². The van der Waals surface area contributed by atoms with Crippen LogP contribution in [0, 0.1) is 23.7 Å². The second kappa shape index (κ2) is 5.41. The standard InChI is InChI=1S/C22H19NO2/c24-21-19-16-10-11-17(13-16)20(19)22(25)23(21)18-9-5-4-8-15(18)12-14-6-2-1-3-7-14/h1-11,16-17,19-20H,12-13H2/t16-,17-,19-,20+/m0/s1. The number of benzene rings is 2. The summed E-state index contributed by atoms with van der Waals surface area (Å²) in [6.45, 7) is 0. The SMILES string of the molecule is O=C1[C@@H]2[C@H](C(=O)N1c1ccccc1Cc1ccccc1)[C@H]1C=C[C@H]2C1. The van der Waals surface area contributed by atoms with Crippen molar-refractivity contribution in [2.24, 2.45) is 23.7 Å². The number of carbonyl (C=O) groups excluding carboxylic acids is 2. The molecule has 1 saturated heterocycles. The van der Waals surface area contributed by atoms with Gasteiger partial charge in [0.2, 0.25) is 11.8 Å². The maximum Gasteiger partial charge on any atom is 0.238 e. The smallest absolute Gasteiger partial charge is 0.238 e. The molecule has 1 saturated carbocycles. The highest BCUT2D eigenvalue weighted by Gasteiger charge is 2.59. The summed E-state index contributed by atoms with van der Waals surface area (Å²) in [6, 6.07) is 18.0. The van der Waals surface area contributed by atoms with Crippen molar-refractivity contribution in [3.63, 3.8) is 0 Å². The Morgan fingerprint density at radius 3 is 2.08 bits per heavy atom. The van der Waals surface area contributed by atoms with E-state index in [-0.39, 0.29) is 35.5 Å². The van der Waals surface area contributed by atoms with Gasteiger partial charge in [-0.15, -0.1) is 0 Å². The summed E-state index contributed by atoms with van der Waals surface area (Å²) in [5.41, 5.74) is 2.96. The van der Waals surface area contributed by atoms with Crippen molar-refractivity contribution >= 4 is 17.5 Å². The quantitative estimate of drug-likeness (QED) is 0.637. The molecule has 1 heterocycles. The number of para-hydroxylation sites is 1. The average molecular weight is 329 g/mol. The van der Waals surface area contributed by atoms with Crippen molar-refractivity contribution in [2.75, 3.05) is 4.90 Å². The number of rotatable bonds is 3. The molecule has 0 spiro atoms. The van der Waals surface area contributed by atoms with Crippen LogP contribution in [0.15, 0.2) is 66.7 Å². The van der Waals surface area contributed by atoms with E-state index >= 15 is 0 Å². The molecular formula is C22H19NO2. The van der Waals surface area contributed by atoms with Crippen LogP contribution in [-0.4, -0.2) is 11.8 Å². The van der Waals surface area contributed by atoms with E-state index in [1.165, 1.54) is 10.5 Å². The lowest BCUT2D eigenvalue weighted by molar-refractivity contribution is -0.123. The number of nitrogens with zero attached hydrogens (tertiary/aromatic N) is 1. The minimum Gasteiger partial charge on any atom is -0.274 e. The Labute approximate surface area is 147 Å². The third-order valence-electron chi connectivity index (χ3n) is 5.94. The van der Waals surface area contributed by atoms with Gasteiger partial charge in [0.1, 0.15) is 0 Å². The number of anilines is 1. The van der Waals surface area contributed by atoms with E-state index in [2.05, 4.69) is 24.3 Å². The summed E-state index contributed by atoms with van der Waals surface area (Å²) in [4.78, 5) is 27.6. The van der Waals surface area contributed by atoms with Crippen LogP contribution in [0.4, 0.5) is 5.69 Å². The van der Waals surface area contributed by atoms with Gasteiger partial charge in [-0.25, -0.2) is 4.90 Å². The van der Waals surface area contributed by atoms with Crippen molar-refractivity contribution in [1.82, 2.24) is 0 Å². The van der Waals surface area contributed by atoms with Gasteiger partial charge in [0.05, 0.1) is 17.5 Å². The Morgan fingerprint density at radius 2 is 1.40 bits per heavy atom. The Morgan fingerprint density at radius 1 is 0.800 bits per heavy atom. The highest BCUT2D eigenvalue weighted by Crippen LogP contribution is 2.53. The van der Waals surface area contributed by atoms with Crippen LogP contribution in [0.5, 0.6) is 0 Å². The molecule has 2 bridgehead atoms. The summed E-state index contributed by atoms with van der Waals surface area (Å²) < 4.78 is 0. The maximum absolute atomic E-state index is 13.1. The summed E-state index contributed by atoms with van der Waals surface area (Å²) in [7, 11) is 0. The molecule has 124 valence electrons. The Bertz CT molecular complexity index is 856. The summed E-state index contributed by atoms with van der Waals surface area (Å²) >= 11 is 0. The first-order valence-corrected chi connectivity index (χ1v) is 8.92. The van der Waals surface area contributed by atoms with E-state index in [0.29, 0.717) is 6.42 Å². The lowest BCUT2D eigenvalue weighted by Crippen LogP contribution is -2.33. The van der Waals surface area contributed by atoms with Gasteiger partial charge in [-0.3, -0.25) is 9.59 Å². The number of hydrogen-bond donors (Lipinski definition) is 0. The molecule has 0 unspecified atom stereocenters. The van der Waals surface area contributed by atoms with Gasteiger partial charge >= 0.3 is 0 Å². The molecule has 3 aliphatic rings. The van der Waals surface area contributed by atoms with Crippen LogP contribution in [0.1, 0.15) is 17.5 Å². The van der Waals surface area contributed by atoms with Gasteiger partial charge in [-0.05, 0) is 41.9 Å². The monoisotopic (exact) mass is 329 g/mol. The molecule has 1 aliphatic heterocycles. The highest BCUT2D eigenvalue weighted by molar-refractivity contribution is 6.23. The molecule has 2 fully saturated rings. The van der Waals surface area contributed by atoms with Crippen molar-refractivity contribution in [1.29, 1.82) is 0 Å². The molecule has 0 aromatic heterocycles. The number of imide groups is 1. The fraction of sp³-hybridized carbons (Fsp3) is 0.273. The molecule has 2 aliphatic carbocycles. The van der Waals surface area contributed by atoms with E-state index in [1.807, 2.05) is 42.5 Å². The van der Waals surface area contributed by atoms with E-state index in [4.69, 9.17) is 0 Å². The first-order chi connectivity index (χ1) is 12.2. The highest BCUT2D eigenvalue weighted by atomic mass is 16.2. The van der Waals surface area contributed by atoms with Crippen molar-refractivity contribution in [3.8, 4) is 0 Å². The lowest BCUT2D eigenvalue weighted by Gasteiger charge is -2.20. The molecule has 4 atom stereocenters. The molecule has 2 aromatic rings. The molecule has 2 amide bonds. The first kappa shape index (κ1) is 14.6. The lowest BCUT2D eigenvalue weighted by atomic mass is 9.85. The molecule has 5 rings (SSSR count). The Balaban J connectivity index is 1.52. The molecule has 3 heteroatoms. The average Bonchev–Trinajstić information content (AvgIpc) is 3.31. The molecular weight excluding hydrogens is 310 g/mol. The van der Waals surface area contributed by atoms with Gasteiger partial charge in [0.15, 0.2) is 0 Å². The largest absolute Gasteiger partial charge is 0.274 e. The van der Waals surface area contributed by atoms with Gasteiger partial charge in [0.25, 0.3) is 0 Å². The summed E-state index contributed by atoms with van der Waals surface area (Å²) in [5, 5.41) is 0. The van der Waals surface area contributed by atoms with Crippen LogP contribution in [0.3, 0.4) is 0 Å². The fourth-order valence-corrected chi connectivity index (χ4v) is 4.83. The van der Waals surface area contributed by atoms with Crippen LogP contribution < -0.4 is 4.90 Å². The zero-order valence-electron chi connectivity index (χ0n) is 13.8. The van der Waals surface area contributed by atoms with Crippen molar-refractivity contribution < 1.29 is 9.59 Å². The predicted molar refractivity (Wildman–Crippen MR) is 95.9 cm³/mol. The number of hydrogen-bond acceptors (Lipinski definition) is 2. The molecule has 25 heavy (non-hydrogen) atoms. The van der Waals surface area contributed by atoms with E-state index in [0.717, 1.165) is 17.7 Å². The Hall–Kier alpha value is -2.68. The van der Waals surface area contributed by atoms with Crippen LogP contribution in [-0.2, 0) is 16.0 Å². The minimum absolute atomic E-state index is 0.00707. The molecule has 2 aromatic carbocycles. The van der Waals surface area contributed by atoms with Crippen LogP contribution >= 0.6 is 0 Å². The normalized spacial score (nSPS) is 29.5. The second-order valence-corrected chi connectivity index (χ2v) is 7.30. The number of carbonyl (C=O) groups is 2. The number of amides is 2. The number of allylic oxidation sites excluding steroid dienone is 2. The first-order valence-electron chi connectivity index (χ1n) is 8.92. The maximum atomic E-state index is 13.1. The summed E-state index contributed by atoms with van der Waals surface area (Å²) in [5.74, 6) is 0.190. The van der Waals surface area contributed by atoms with Crippen LogP contribution in [0.25, 0.3) is 0 Å². The number of fused-ring (bicyclic) bond motifs is 5. The zero-order valence-corrected chi connectivity index (χ0v) is 13.8. The fourth-order valence-electron chi connectivity index (χ4n) is 4.83. The molecule has 3 nitrogen and oxygen atoms in total. The van der Waals surface area contributed by atoms with Gasteiger partial charge in [-0.2, -0.15) is 0 Å².